The van der Waals surface area contributed by atoms with Crippen molar-refractivity contribution in [3.63, 3.8) is 0 Å². The molecule has 0 bridgehead atoms. The Morgan fingerprint density at radius 2 is 1.67 bits per heavy atom. The third-order valence-corrected chi connectivity index (χ3v) is 8.31. The van der Waals surface area contributed by atoms with Gasteiger partial charge in [-0.25, -0.2) is 13.8 Å². The van der Waals surface area contributed by atoms with Gasteiger partial charge in [0.15, 0.2) is 0 Å². The minimum atomic E-state index is -4.55. The van der Waals surface area contributed by atoms with Crippen LogP contribution in [0, 0.1) is 20.8 Å². The first-order chi connectivity index (χ1) is 19.8. The molecule has 0 unspecified atom stereocenters. The van der Waals surface area contributed by atoms with E-state index >= 15 is 0 Å². The Balaban J connectivity index is 1.62. The van der Waals surface area contributed by atoms with Gasteiger partial charge in [0.1, 0.15) is 12.3 Å². The lowest BCUT2D eigenvalue weighted by molar-refractivity contribution is -0.137. The van der Waals surface area contributed by atoms with Gasteiger partial charge in [-0.1, -0.05) is 36.4 Å². The number of nitrogens with one attached hydrogen (secondary N) is 1. The molecule has 1 heterocycles. The lowest BCUT2D eigenvalue weighted by atomic mass is 10.1. The van der Waals surface area contributed by atoms with Crippen molar-refractivity contribution in [3.05, 3.63) is 107 Å². The first-order valence-corrected chi connectivity index (χ1v) is 14.2. The molecule has 0 saturated carbocycles. The van der Waals surface area contributed by atoms with Gasteiger partial charge in [0.25, 0.3) is 15.9 Å². The van der Waals surface area contributed by atoms with Gasteiger partial charge in [-0.3, -0.25) is 9.10 Å². The van der Waals surface area contributed by atoms with Crippen LogP contribution < -0.4 is 14.5 Å². The van der Waals surface area contributed by atoms with Crippen LogP contribution in [0.3, 0.4) is 0 Å². The fourth-order valence-electron chi connectivity index (χ4n) is 4.55. The number of aromatic nitrogens is 1. The number of hydrazone groups is 1. The molecule has 0 saturated heterocycles. The number of sulfonamides is 1. The molecular weight excluding hydrogens is 569 g/mol. The van der Waals surface area contributed by atoms with Crippen LogP contribution in [0.25, 0.3) is 5.69 Å². The second kappa shape index (κ2) is 12.1. The number of alkyl halides is 3. The Morgan fingerprint density at radius 1 is 1.00 bits per heavy atom. The van der Waals surface area contributed by atoms with Crippen LogP contribution in [0.5, 0.6) is 5.75 Å². The Labute approximate surface area is 242 Å². The van der Waals surface area contributed by atoms with Gasteiger partial charge in [-0.15, -0.1) is 0 Å². The number of anilines is 1. The summed E-state index contributed by atoms with van der Waals surface area (Å²) in [5, 5.41) is 3.97. The fourth-order valence-corrected chi connectivity index (χ4v) is 6.00. The number of halogens is 3. The first kappa shape index (κ1) is 30.4. The number of benzene rings is 3. The van der Waals surface area contributed by atoms with Crippen LogP contribution in [-0.2, 0) is 21.0 Å². The van der Waals surface area contributed by atoms with Crippen molar-refractivity contribution in [2.45, 2.75) is 31.8 Å². The molecule has 4 aromatic rings. The van der Waals surface area contributed by atoms with E-state index in [0.717, 1.165) is 15.9 Å². The molecular formula is C30H29F3N4O4S. The van der Waals surface area contributed by atoms with Crippen molar-refractivity contribution in [2.75, 3.05) is 18.0 Å². The first-order valence-electron chi connectivity index (χ1n) is 12.7. The van der Waals surface area contributed by atoms with Crippen LogP contribution in [-0.4, -0.2) is 38.8 Å². The van der Waals surface area contributed by atoms with Crippen molar-refractivity contribution < 1.29 is 31.1 Å². The summed E-state index contributed by atoms with van der Waals surface area (Å²) in [4.78, 5) is 13.0. The second-order valence-corrected chi connectivity index (χ2v) is 11.3. The summed E-state index contributed by atoms with van der Waals surface area (Å²) in [6.45, 7) is 4.47. The number of nitrogens with zero attached hydrogens (tertiary/aromatic N) is 3. The van der Waals surface area contributed by atoms with E-state index in [9.17, 15) is 26.4 Å². The van der Waals surface area contributed by atoms with Crippen molar-refractivity contribution in [1.29, 1.82) is 0 Å². The highest BCUT2D eigenvalue weighted by molar-refractivity contribution is 7.92. The normalized spacial score (nSPS) is 12.0. The number of carbonyl (C=O) groups is 1. The zero-order valence-electron chi connectivity index (χ0n) is 23.3. The lowest BCUT2D eigenvalue weighted by Gasteiger charge is -2.25. The standard InChI is InChI=1S/C30H29F3N4O4S/c1-20-14-15-28(41-4)27(16-20)36(42(39,40)24-10-6-5-7-11-24)19-29(38)35-34-18-23-17-21(2)37(22(23)3)26-13-9-8-12-25(26)30(31,32)33/h5-18H,19H2,1-4H3,(H,35,38)/b34-18+. The molecule has 3 aromatic carbocycles. The van der Waals surface area contributed by atoms with Crippen molar-refractivity contribution in [2.24, 2.45) is 5.10 Å². The number of para-hydroxylation sites is 1. The number of aryl methyl sites for hydroxylation is 2. The Kier molecular flexibility index (Phi) is 8.76. The summed E-state index contributed by atoms with van der Waals surface area (Å²) < 4.78 is 76.0. The minimum Gasteiger partial charge on any atom is -0.495 e. The predicted molar refractivity (Wildman–Crippen MR) is 155 cm³/mol. The van der Waals surface area contributed by atoms with Crippen LogP contribution in [0.2, 0.25) is 0 Å². The highest BCUT2D eigenvalue weighted by Crippen LogP contribution is 2.36. The van der Waals surface area contributed by atoms with Crippen LogP contribution in [0.15, 0.2) is 88.9 Å². The Hall–Kier alpha value is -4.58. The van der Waals surface area contributed by atoms with Gasteiger partial charge < -0.3 is 9.30 Å². The number of carbonyl (C=O) groups excluding carboxylic acids is 1. The zero-order chi connectivity index (χ0) is 30.7. The molecule has 0 atom stereocenters. The Bertz CT molecular complexity index is 1730. The third-order valence-electron chi connectivity index (χ3n) is 6.53. The lowest BCUT2D eigenvalue weighted by Crippen LogP contribution is -2.39. The zero-order valence-corrected chi connectivity index (χ0v) is 24.1. The summed E-state index contributed by atoms with van der Waals surface area (Å²) in [5.74, 6) is -0.492. The SMILES string of the molecule is COc1ccc(C)cc1N(CC(=O)N/N=C/c1cc(C)n(-c2ccccc2C(F)(F)F)c1C)S(=O)(=O)c1ccccc1. The number of hydrogen-bond acceptors (Lipinski definition) is 5. The number of methoxy groups -OCH3 is 1. The molecule has 4 rings (SSSR count). The van der Waals surface area contributed by atoms with E-state index in [2.05, 4.69) is 10.5 Å². The number of rotatable bonds is 9. The van der Waals surface area contributed by atoms with Crippen molar-refractivity contribution >= 4 is 27.8 Å². The molecule has 0 radical (unpaired) electrons. The number of hydrogen-bond donors (Lipinski definition) is 1. The Morgan fingerprint density at radius 3 is 2.33 bits per heavy atom. The quantitative estimate of drug-likeness (QED) is 0.195. The van der Waals surface area contributed by atoms with Crippen LogP contribution in [0.1, 0.15) is 28.1 Å². The maximum atomic E-state index is 13.6. The molecule has 0 aliphatic carbocycles. The maximum absolute atomic E-state index is 13.6. The van der Waals surface area contributed by atoms with Gasteiger partial charge in [0, 0.05) is 17.0 Å². The van der Waals surface area contributed by atoms with E-state index in [1.807, 2.05) is 0 Å². The molecule has 12 heteroatoms. The smallest absolute Gasteiger partial charge is 0.418 e. The summed E-state index contributed by atoms with van der Waals surface area (Å²) in [5.41, 5.74) is 3.92. The van der Waals surface area contributed by atoms with Gasteiger partial charge >= 0.3 is 6.18 Å². The predicted octanol–water partition coefficient (Wildman–Crippen LogP) is 5.78. The van der Waals surface area contributed by atoms with Crippen molar-refractivity contribution in [3.8, 4) is 11.4 Å². The molecule has 8 nitrogen and oxygen atoms in total. The summed E-state index contributed by atoms with van der Waals surface area (Å²) in [7, 11) is -2.79. The average Bonchev–Trinajstić information content (AvgIpc) is 3.23. The van der Waals surface area contributed by atoms with Crippen LogP contribution in [0.4, 0.5) is 18.9 Å². The number of amides is 1. The summed E-state index contributed by atoms with van der Waals surface area (Å²) in [6, 6.07) is 19.5. The highest BCUT2D eigenvalue weighted by Gasteiger charge is 2.34. The van der Waals surface area contributed by atoms with E-state index in [0.29, 0.717) is 17.0 Å². The third kappa shape index (κ3) is 6.33. The topological polar surface area (TPSA) is 93.0 Å². The number of ether oxygens (including phenoxy) is 1. The summed E-state index contributed by atoms with van der Waals surface area (Å²) >= 11 is 0. The molecule has 220 valence electrons. The largest absolute Gasteiger partial charge is 0.495 e. The van der Waals surface area contributed by atoms with E-state index in [1.54, 1.807) is 63.2 Å². The van der Waals surface area contributed by atoms with E-state index in [4.69, 9.17) is 4.74 Å². The molecule has 0 aliphatic rings. The maximum Gasteiger partial charge on any atom is 0.418 e. The minimum absolute atomic E-state index is 0.0172. The van der Waals surface area contributed by atoms with E-state index < -0.39 is 34.2 Å². The van der Waals surface area contributed by atoms with Gasteiger partial charge in [-0.2, -0.15) is 18.3 Å². The molecule has 1 N–H and O–H groups in total. The molecule has 1 amide bonds. The fraction of sp³-hybridized carbons (Fsp3) is 0.200. The molecule has 1 aromatic heterocycles. The van der Waals surface area contributed by atoms with E-state index in [-0.39, 0.29) is 22.0 Å². The highest BCUT2D eigenvalue weighted by atomic mass is 32.2. The monoisotopic (exact) mass is 598 g/mol. The van der Waals surface area contributed by atoms with E-state index in [1.165, 1.54) is 48.2 Å². The summed E-state index contributed by atoms with van der Waals surface area (Å²) in [6.07, 6.45) is -3.25. The molecule has 0 spiro atoms. The van der Waals surface area contributed by atoms with Gasteiger partial charge in [0.2, 0.25) is 0 Å². The van der Waals surface area contributed by atoms with Crippen LogP contribution >= 0.6 is 0 Å². The second-order valence-electron chi connectivity index (χ2n) is 9.47. The van der Waals surface area contributed by atoms with Crippen molar-refractivity contribution in [1.82, 2.24) is 9.99 Å². The molecule has 0 fully saturated rings. The van der Waals surface area contributed by atoms with Gasteiger partial charge in [0.05, 0.1) is 35.2 Å². The van der Waals surface area contributed by atoms with Gasteiger partial charge in [-0.05, 0) is 68.8 Å². The molecule has 0 aliphatic heterocycles. The average molecular weight is 599 g/mol. The molecule has 42 heavy (non-hydrogen) atoms.